The first-order valence-corrected chi connectivity index (χ1v) is 28.5. The zero-order valence-corrected chi connectivity index (χ0v) is 42.9. The third-order valence-corrected chi connectivity index (χ3v) is 13.1. The highest BCUT2D eigenvalue weighted by Crippen LogP contribution is 2.17. The Kier molecular flexibility index (Phi) is 51.7. The summed E-state index contributed by atoms with van der Waals surface area (Å²) in [6.45, 7) is 6.70. The molecule has 1 atom stereocenters. The molecule has 0 aliphatic rings. The molecule has 0 aromatic carbocycles. The van der Waals surface area contributed by atoms with E-state index in [1.807, 2.05) is 0 Å². The van der Waals surface area contributed by atoms with E-state index in [1.165, 1.54) is 231 Å². The minimum Gasteiger partial charge on any atom is -0.462 e. The van der Waals surface area contributed by atoms with Crippen molar-refractivity contribution in [2.75, 3.05) is 13.2 Å². The first-order chi connectivity index (χ1) is 31.0. The van der Waals surface area contributed by atoms with Crippen LogP contribution in [0.25, 0.3) is 0 Å². The van der Waals surface area contributed by atoms with Gasteiger partial charge in [-0.3, -0.25) is 14.4 Å². The number of ether oxygens (including phenoxy) is 3. The van der Waals surface area contributed by atoms with Crippen molar-refractivity contribution in [2.45, 2.75) is 335 Å². The molecule has 0 unspecified atom stereocenters. The Morgan fingerprint density at radius 2 is 0.429 bits per heavy atom. The first-order valence-electron chi connectivity index (χ1n) is 28.5. The molecule has 0 spiro atoms. The standard InChI is InChI=1S/C57H110O6/c1-4-7-10-13-16-19-22-25-27-28-29-30-33-35-38-41-44-47-50-56(59)62-53-54(52-61-55(58)49-46-43-40-37-34-31-24-21-18-15-12-9-6-3)63-57(60)51-48-45-42-39-36-32-26-23-20-17-14-11-8-5-2/h54H,4-53H2,1-3H3/t54-/m1/s1. The van der Waals surface area contributed by atoms with Crippen LogP contribution in [0.15, 0.2) is 0 Å². The minimum absolute atomic E-state index is 0.0611. The van der Waals surface area contributed by atoms with Crippen LogP contribution in [0.3, 0.4) is 0 Å². The van der Waals surface area contributed by atoms with Crippen LogP contribution >= 0.6 is 0 Å². The minimum atomic E-state index is -0.760. The Labute approximate surface area is 393 Å². The molecule has 0 aromatic rings. The zero-order valence-electron chi connectivity index (χ0n) is 42.9. The van der Waals surface area contributed by atoms with Crippen LogP contribution in [0.1, 0.15) is 329 Å². The Bertz CT molecular complexity index is 936. The Morgan fingerprint density at radius 3 is 0.635 bits per heavy atom. The van der Waals surface area contributed by atoms with E-state index in [0.29, 0.717) is 19.3 Å². The number of carbonyl (C=O) groups is 3. The molecular formula is C57H110O6. The summed E-state index contributed by atoms with van der Waals surface area (Å²) in [6.07, 6.45) is 58.0. The van der Waals surface area contributed by atoms with Crippen LogP contribution in [0.5, 0.6) is 0 Å². The molecule has 6 nitrogen and oxygen atoms in total. The van der Waals surface area contributed by atoms with E-state index in [4.69, 9.17) is 14.2 Å². The van der Waals surface area contributed by atoms with Gasteiger partial charge in [-0.1, -0.05) is 290 Å². The molecule has 0 aromatic heterocycles. The van der Waals surface area contributed by atoms with E-state index in [1.54, 1.807) is 0 Å². The Hall–Kier alpha value is -1.59. The van der Waals surface area contributed by atoms with Crippen molar-refractivity contribution in [3.05, 3.63) is 0 Å². The first kappa shape index (κ1) is 61.4. The predicted molar refractivity (Wildman–Crippen MR) is 270 cm³/mol. The lowest BCUT2D eigenvalue weighted by Gasteiger charge is -2.18. The Morgan fingerprint density at radius 1 is 0.254 bits per heavy atom. The number of esters is 3. The van der Waals surface area contributed by atoms with Crippen molar-refractivity contribution in [1.82, 2.24) is 0 Å². The lowest BCUT2D eigenvalue weighted by molar-refractivity contribution is -0.167. The zero-order chi connectivity index (χ0) is 45.8. The summed E-state index contributed by atoms with van der Waals surface area (Å²) in [5.74, 6) is -0.833. The largest absolute Gasteiger partial charge is 0.462 e. The molecular weight excluding hydrogens is 781 g/mol. The quantitative estimate of drug-likeness (QED) is 0.0344. The van der Waals surface area contributed by atoms with Crippen LogP contribution < -0.4 is 0 Å². The van der Waals surface area contributed by atoms with Gasteiger partial charge in [0.15, 0.2) is 6.10 Å². The van der Waals surface area contributed by atoms with Crippen molar-refractivity contribution in [2.24, 2.45) is 0 Å². The van der Waals surface area contributed by atoms with Crippen LogP contribution in [-0.2, 0) is 28.6 Å². The summed E-state index contributed by atoms with van der Waals surface area (Å²) >= 11 is 0. The van der Waals surface area contributed by atoms with Crippen LogP contribution in [0.2, 0.25) is 0 Å². The third kappa shape index (κ3) is 51.3. The highest BCUT2D eigenvalue weighted by atomic mass is 16.6. The molecule has 0 saturated carbocycles. The highest BCUT2D eigenvalue weighted by molar-refractivity contribution is 5.71. The van der Waals surface area contributed by atoms with Crippen molar-refractivity contribution < 1.29 is 28.6 Å². The van der Waals surface area contributed by atoms with Gasteiger partial charge in [-0.25, -0.2) is 0 Å². The molecule has 0 fully saturated rings. The van der Waals surface area contributed by atoms with Gasteiger partial charge in [0.05, 0.1) is 0 Å². The van der Waals surface area contributed by atoms with Gasteiger partial charge in [-0.05, 0) is 19.3 Å². The van der Waals surface area contributed by atoms with Gasteiger partial charge in [0.1, 0.15) is 13.2 Å². The number of unbranched alkanes of at least 4 members (excludes halogenated alkanes) is 42. The molecule has 0 radical (unpaired) electrons. The molecule has 63 heavy (non-hydrogen) atoms. The highest BCUT2D eigenvalue weighted by Gasteiger charge is 2.19. The molecule has 0 aliphatic carbocycles. The molecule has 0 amide bonds. The van der Waals surface area contributed by atoms with Gasteiger partial charge >= 0.3 is 17.9 Å². The molecule has 374 valence electrons. The topological polar surface area (TPSA) is 78.9 Å². The van der Waals surface area contributed by atoms with E-state index in [0.717, 1.165) is 57.8 Å². The third-order valence-electron chi connectivity index (χ3n) is 13.1. The van der Waals surface area contributed by atoms with Gasteiger partial charge in [0.25, 0.3) is 0 Å². The SMILES string of the molecule is CCCCCCCCCCCCCCCCCCCCC(=O)OC[C@@H](COC(=O)CCCCCCCCCCCCCCC)OC(=O)CCCCCCCCCCCCCCCC. The smallest absolute Gasteiger partial charge is 0.306 e. The summed E-state index contributed by atoms with van der Waals surface area (Å²) in [5, 5.41) is 0. The molecule has 0 bridgehead atoms. The van der Waals surface area contributed by atoms with Crippen LogP contribution in [0, 0.1) is 0 Å². The maximum absolute atomic E-state index is 12.8. The van der Waals surface area contributed by atoms with Gasteiger partial charge in [0.2, 0.25) is 0 Å². The van der Waals surface area contributed by atoms with Crippen molar-refractivity contribution in [1.29, 1.82) is 0 Å². The molecule has 6 heteroatoms. The second-order valence-electron chi connectivity index (χ2n) is 19.6. The molecule has 0 heterocycles. The average Bonchev–Trinajstić information content (AvgIpc) is 3.28. The van der Waals surface area contributed by atoms with Gasteiger partial charge in [-0.15, -0.1) is 0 Å². The summed E-state index contributed by atoms with van der Waals surface area (Å²) in [7, 11) is 0. The fourth-order valence-electron chi connectivity index (χ4n) is 8.80. The maximum atomic E-state index is 12.8. The Balaban J connectivity index is 4.27. The maximum Gasteiger partial charge on any atom is 0.306 e. The summed E-state index contributed by atoms with van der Waals surface area (Å²) in [4.78, 5) is 38.1. The van der Waals surface area contributed by atoms with Crippen molar-refractivity contribution >= 4 is 17.9 Å². The fourth-order valence-corrected chi connectivity index (χ4v) is 8.80. The van der Waals surface area contributed by atoms with Gasteiger partial charge in [0, 0.05) is 19.3 Å². The second-order valence-corrected chi connectivity index (χ2v) is 19.6. The summed E-state index contributed by atoms with van der Waals surface area (Å²) in [5.41, 5.74) is 0. The summed E-state index contributed by atoms with van der Waals surface area (Å²) in [6, 6.07) is 0. The fraction of sp³-hybridized carbons (Fsp3) is 0.947. The number of carbonyl (C=O) groups excluding carboxylic acids is 3. The lowest BCUT2D eigenvalue weighted by Crippen LogP contribution is -2.30. The van der Waals surface area contributed by atoms with Crippen molar-refractivity contribution in [3.63, 3.8) is 0 Å². The average molecular weight is 892 g/mol. The van der Waals surface area contributed by atoms with E-state index in [2.05, 4.69) is 20.8 Å². The monoisotopic (exact) mass is 891 g/mol. The molecule has 0 saturated heterocycles. The van der Waals surface area contributed by atoms with E-state index < -0.39 is 6.10 Å². The number of hydrogen-bond donors (Lipinski definition) is 0. The van der Waals surface area contributed by atoms with Crippen molar-refractivity contribution in [3.8, 4) is 0 Å². The normalized spacial score (nSPS) is 11.9. The summed E-state index contributed by atoms with van der Waals surface area (Å²) < 4.78 is 16.9. The van der Waals surface area contributed by atoms with Crippen LogP contribution in [0.4, 0.5) is 0 Å². The number of hydrogen-bond acceptors (Lipinski definition) is 6. The van der Waals surface area contributed by atoms with E-state index in [9.17, 15) is 14.4 Å². The van der Waals surface area contributed by atoms with Crippen LogP contribution in [-0.4, -0.2) is 37.2 Å². The lowest BCUT2D eigenvalue weighted by atomic mass is 10.0. The second kappa shape index (κ2) is 53.0. The van der Waals surface area contributed by atoms with E-state index >= 15 is 0 Å². The number of rotatable bonds is 53. The molecule has 0 aliphatic heterocycles. The van der Waals surface area contributed by atoms with Gasteiger partial charge < -0.3 is 14.2 Å². The molecule has 0 N–H and O–H groups in total. The molecule has 0 rings (SSSR count). The van der Waals surface area contributed by atoms with Gasteiger partial charge in [-0.2, -0.15) is 0 Å². The van der Waals surface area contributed by atoms with E-state index in [-0.39, 0.29) is 31.1 Å². The predicted octanol–water partition coefficient (Wildman–Crippen LogP) is 18.8.